The van der Waals surface area contributed by atoms with Gasteiger partial charge >= 0.3 is 0 Å². The zero-order valence-corrected chi connectivity index (χ0v) is 14.3. The van der Waals surface area contributed by atoms with Crippen molar-refractivity contribution >= 4 is 5.91 Å². The van der Waals surface area contributed by atoms with Crippen molar-refractivity contribution in [3.63, 3.8) is 0 Å². The standard InChI is InChI=1S/C18H23FN4O2/c1-13(24)16-10-23(22-21-16)11-17(25)20-12-18(8-2-3-9-18)14-4-6-15(19)7-5-14/h4-7,10,13,24H,2-3,8-9,11-12H2,1H3,(H,20,25)/t13-/m1/s1. The van der Waals surface area contributed by atoms with Crippen LogP contribution in [0.15, 0.2) is 30.5 Å². The minimum atomic E-state index is -0.711. The second-order valence-corrected chi connectivity index (χ2v) is 6.79. The molecular formula is C18H23FN4O2. The first-order chi connectivity index (χ1) is 12.0. The zero-order valence-electron chi connectivity index (χ0n) is 14.3. The molecule has 1 saturated carbocycles. The summed E-state index contributed by atoms with van der Waals surface area (Å²) in [5.74, 6) is -0.406. The van der Waals surface area contributed by atoms with Crippen molar-refractivity contribution in [2.75, 3.05) is 6.54 Å². The summed E-state index contributed by atoms with van der Waals surface area (Å²) >= 11 is 0. The molecule has 1 aliphatic carbocycles. The summed E-state index contributed by atoms with van der Waals surface area (Å²) in [4.78, 5) is 12.3. The fourth-order valence-corrected chi connectivity index (χ4v) is 3.48. The molecule has 1 aromatic heterocycles. The number of benzene rings is 1. The monoisotopic (exact) mass is 346 g/mol. The summed E-state index contributed by atoms with van der Waals surface area (Å²) in [5, 5.41) is 20.1. The highest BCUT2D eigenvalue weighted by molar-refractivity contribution is 5.75. The van der Waals surface area contributed by atoms with Crippen LogP contribution < -0.4 is 5.32 Å². The number of nitrogens with zero attached hydrogens (tertiary/aromatic N) is 3. The van der Waals surface area contributed by atoms with Gasteiger partial charge in [-0.3, -0.25) is 4.79 Å². The van der Waals surface area contributed by atoms with Gasteiger partial charge in [-0.2, -0.15) is 0 Å². The molecule has 1 amide bonds. The third-order valence-corrected chi connectivity index (χ3v) is 4.93. The van der Waals surface area contributed by atoms with Crippen molar-refractivity contribution in [3.8, 4) is 0 Å². The SMILES string of the molecule is C[C@@H](O)c1cn(CC(=O)NCC2(c3ccc(F)cc3)CCCC2)nn1. The summed E-state index contributed by atoms with van der Waals surface area (Å²) < 4.78 is 14.6. The normalized spacial score (nSPS) is 17.4. The number of carbonyl (C=O) groups excluding carboxylic acids is 1. The van der Waals surface area contributed by atoms with Gasteiger partial charge in [0.25, 0.3) is 0 Å². The number of halogens is 1. The molecular weight excluding hydrogens is 323 g/mol. The van der Waals surface area contributed by atoms with Crippen molar-refractivity contribution in [3.05, 3.63) is 47.5 Å². The Hall–Kier alpha value is -2.28. The summed E-state index contributed by atoms with van der Waals surface area (Å²) in [5.41, 5.74) is 1.38. The van der Waals surface area contributed by atoms with Gasteiger partial charge in [0.15, 0.2) is 0 Å². The lowest BCUT2D eigenvalue weighted by Crippen LogP contribution is -2.40. The van der Waals surface area contributed by atoms with E-state index in [1.165, 1.54) is 16.8 Å². The Labute approximate surface area is 146 Å². The molecule has 0 aliphatic heterocycles. The first kappa shape index (κ1) is 17.5. The number of hydrogen-bond acceptors (Lipinski definition) is 4. The Bertz CT molecular complexity index is 721. The second kappa shape index (κ2) is 7.31. The van der Waals surface area contributed by atoms with Crippen LogP contribution in [0.25, 0.3) is 0 Å². The predicted octanol–water partition coefficient (Wildman–Crippen LogP) is 2.10. The smallest absolute Gasteiger partial charge is 0.241 e. The average Bonchev–Trinajstić information content (AvgIpc) is 3.24. The van der Waals surface area contributed by atoms with Crippen LogP contribution in [0.2, 0.25) is 0 Å². The number of aliphatic hydroxyl groups is 1. The molecule has 0 spiro atoms. The number of hydrogen-bond donors (Lipinski definition) is 2. The van der Waals surface area contributed by atoms with Crippen LogP contribution in [0.5, 0.6) is 0 Å². The maximum absolute atomic E-state index is 13.2. The lowest BCUT2D eigenvalue weighted by atomic mass is 9.79. The van der Waals surface area contributed by atoms with Crippen LogP contribution in [0, 0.1) is 5.82 Å². The van der Waals surface area contributed by atoms with E-state index in [4.69, 9.17) is 0 Å². The van der Waals surface area contributed by atoms with Gasteiger partial charge in [0.1, 0.15) is 18.1 Å². The Balaban J connectivity index is 1.63. The first-order valence-electron chi connectivity index (χ1n) is 8.59. The summed E-state index contributed by atoms with van der Waals surface area (Å²) in [6.07, 6.45) is 5.03. The van der Waals surface area contributed by atoms with E-state index in [9.17, 15) is 14.3 Å². The second-order valence-electron chi connectivity index (χ2n) is 6.79. The summed E-state index contributed by atoms with van der Waals surface area (Å²) in [6, 6.07) is 6.59. The Kier molecular flexibility index (Phi) is 5.13. The molecule has 25 heavy (non-hydrogen) atoms. The number of rotatable bonds is 6. The third kappa shape index (κ3) is 4.04. The molecule has 0 unspecified atom stereocenters. The largest absolute Gasteiger partial charge is 0.387 e. The molecule has 0 radical (unpaired) electrons. The maximum atomic E-state index is 13.2. The van der Waals surface area contributed by atoms with Gasteiger partial charge < -0.3 is 10.4 Å². The van der Waals surface area contributed by atoms with E-state index in [1.807, 2.05) is 12.1 Å². The average molecular weight is 346 g/mol. The first-order valence-corrected chi connectivity index (χ1v) is 8.59. The Morgan fingerprint density at radius 1 is 1.36 bits per heavy atom. The molecule has 7 heteroatoms. The zero-order chi connectivity index (χ0) is 17.9. The van der Waals surface area contributed by atoms with E-state index in [1.54, 1.807) is 13.1 Å². The molecule has 0 saturated heterocycles. The molecule has 2 N–H and O–H groups in total. The van der Waals surface area contributed by atoms with Crippen molar-refractivity contribution in [2.45, 2.75) is 50.7 Å². The molecule has 1 fully saturated rings. The van der Waals surface area contributed by atoms with Crippen LogP contribution in [0.3, 0.4) is 0 Å². The van der Waals surface area contributed by atoms with Gasteiger partial charge in [-0.05, 0) is 37.5 Å². The highest BCUT2D eigenvalue weighted by Crippen LogP contribution is 2.40. The lowest BCUT2D eigenvalue weighted by Gasteiger charge is -2.30. The van der Waals surface area contributed by atoms with Crippen molar-refractivity contribution in [2.24, 2.45) is 0 Å². The molecule has 1 heterocycles. The highest BCUT2D eigenvalue weighted by Gasteiger charge is 2.35. The molecule has 0 bridgehead atoms. The molecule has 6 nitrogen and oxygen atoms in total. The highest BCUT2D eigenvalue weighted by atomic mass is 19.1. The predicted molar refractivity (Wildman–Crippen MR) is 90.2 cm³/mol. The van der Waals surface area contributed by atoms with E-state index < -0.39 is 6.10 Å². The molecule has 1 aromatic carbocycles. The fourth-order valence-electron chi connectivity index (χ4n) is 3.48. The molecule has 2 aromatic rings. The van der Waals surface area contributed by atoms with Gasteiger partial charge in [0.2, 0.25) is 5.91 Å². The van der Waals surface area contributed by atoms with Gasteiger partial charge in [0, 0.05) is 12.0 Å². The fraction of sp³-hybridized carbons (Fsp3) is 0.500. The van der Waals surface area contributed by atoms with Crippen molar-refractivity contribution < 1.29 is 14.3 Å². The lowest BCUT2D eigenvalue weighted by molar-refractivity contribution is -0.122. The van der Waals surface area contributed by atoms with E-state index >= 15 is 0 Å². The van der Waals surface area contributed by atoms with Crippen LogP contribution in [-0.2, 0) is 16.8 Å². The quantitative estimate of drug-likeness (QED) is 0.839. The van der Waals surface area contributed by atoms with Crippen LogP contribution >= 0.6 is 0 Å². The van der Waals surface area contributed by atoms with Crippen molar-refractivity contribution in [1.29, 1.82) is 0 Å². The van der Waals surface area contributed by atoms with E-state index in [2.05, 4.69) is 15.6 Å². The minimum Gasteiger partial charge on any atom is -0.387 e. The number of carbonyl (C=O) groups is 1. The summed E-state index contributed by atoms with van der Waals surface area (Å²) in [6.45, 7) is 2.18. The van der Waals surface area contributed by atoms with Gasteiger partial charge in [-0.15, -0.1) is 5.10 Å². The summed E-state index contributed by atoms with van der Waals surface area (Å²) in [7, 11) is 0. The van der Waals surface area contributed by atoms with Crippen LogP contribution in [-0.4, -0.2) is 32.6 Å². The Morgan fingerprint density at radius 3 is 2.64 bits per heavy atom. The number of amides is 1. The number of aromatic nitrogens is 3. The molecule has 134 valence electrons. The topological polar surface area (TPSA) is 80.0 Å². The van der Waals surface area contributed by atoms with Gasteiger partial charge in [0.05, 0.1) is 12.3 Å². The molecule has 1 atom stereocenters. The van der Waals surface area contributed by atoms with E-state index in [-0.39, 0.29) is 23.7 Å². The van der Waals surface area contributed by atoms with Crippen LogP contribution in [0.1, 0.15) is 50.0 Å². The number of aliphatic hydroxyl groups excluding tert-OH is 1. The van der Waals surface area contributed by atoms with E-state index in [0.29, 0.717) is 12.2 Å². The number of nitrogens with one attached hydrogen (secondary N) is 1. The molecule has 3 rings (SSSR count). The Morgan fingerprint density at radius 2 is 2.04 bits per heavy atom. The minimum absolute atomic E-state index is 0.0548. The van der Waals surface area contributed by atoms with E-state index in [0.717, 1.165) is 31.2 Å². The third-order valence-electron chi connectivity index (χ3n) is 4.93. The maximum Gasteiger partial charge on any atom is 0.241 e. The van der Waals surface area contributed by atoms with Crippen LogP contribution in [0.4, 0.5) is 4.39 Å². The van der Waals surface area contributed by atoms with Gasteiger partial charge in [-0.1, -0.05) is 30.2 Å². The molecule has 1 aliphatic rings. The van der Waals surface area contributed by atoms with Gasteiger partial charge in [-0.25, -0.2) is 9.07 Å². The van der Waals surface area contributed by atoms with Crippen molar-refractivity contribution in [1.82, 2.24) is 20.3 Å².